The van der Waals surface area contributed by atoms with Crippen LogP contribution in [0.2, 0.25) is 0 Å². The number of amides is 1. The van der Waals surface area contributed by atoms with Gasteiger partial charge in [-0.15, -0.1) is 0 Å². The summed E-state index contributed by atoms with van der Waals surface area (Å²) in [5.41, 5.74) is 0.604. The monoisotopic (exact) mass is 292 g/mol. The molecule has 0 bridgehead atoms. The predicted octanol–water partition coefficient (Wildman–Crippen LogP) is 0.300. The molecule has 2 aliphatic rings. The van der Waals surface area contributed by atoms with Crippen molar-refractivity contribution in [2.75, 3.05) is 25.8 Å². The lowest BCUT2D eigenvalue weighted by atomic mass is 10.0. The number of Topliss-reactive ketones (excluding diaryl/α,β-unsaturated/α-hetero) is 1. The summed E-state index contributed by atoms with van der Waals surface area (Å²) in [6.07, 6.45) is -0.353. The van der Waals surface area contributed by atoms with Gasteiger partial charge < -0.3 is 24.8 Å². The first-order valence-electron chi connectivity index (χ1n) is 6.67. The molecule has 7 heteroatoms. The molecule has 2 heterocycles. The van der Waals surface area contributed by atoms with Crippen molar-refractivity contribution in [1.29, 1.82) is 0 Å². The van der Waals surface area contributed by atoms with E-state index in [1.807, 2.05) is 0 Å². The maximum absolute atomic E-state index is 12.2. The van der Waals surface area contributed by atoms with Gasteiger partial charge in [-0.05, 0) is 12.1 Å². The Morgan fingerprint density at radius 3 is 2.95 bits per heavy atom. The van der Waals surface area contributed by atoms with Crippen molar-refractivity contribution in [2.24, 2.45) is 0 Å². The Hall–Kier alpha value is -2.12. The van der Waals surface area contributed by atoms with Crippen molar-refractivity contribution in [3.63, 3.8) is 0 Å². The molecular weight excluding hydrogens is 276 g/mol. The van der Waals surface area contributed by atoms with Crippen LogP contribution in [0.3, 0.4) is 0 Å². The number of nitrogens with one attached hydrogen (secondary N) is 2. The van der Waals surface area contributed by atoms with Crippen LogP contribution < -0.4 is 20.1 Å². The number of benzene rings is 1. The molecule has 112 valence electrons. The van der Waals surface area contributed by atoms with Crippen molar-refractivity contribution in [1.82, 2.24) is 5.32 Å². The summed E-state index contributed by atoms with van der Waals surface area (Å²) in [5.74, 6) is 0.931. The number of hydrogen-bond donors (Lipinski definition) is 2. The Morgan fingerprint density at radius 1 is 1.38 bits per heavy atom. The molecule has 0 aromatic heterocycles. The molecule has 2 unspecified atom stereocenters. The Labute approximate surface area is 121 Å². The highest BCUT2D eigenvalue weighted by Crippen LogP contribution is 2.34. The molecule has 0 aliphatic carbocycles. The van der Waals surface area contributed by atoms with Crippen LogP contribution >= 0.6 is 0 Å². The molecule has 0 radical (unpaired) electrons. The van der Waals surface area contributed by atoms with Crippen LogP contribution in [0, 0.1) is 0 Å². The average Bonchev–Trinajstić information content (AvgIpc) is 2.94. The van der Waals surface area contributed by atoms with Crippen molar-refractivity contribution in [3.05, 3.63) is 18.2 Å². The Morgan fingerprint density at radius 2 is 2.19 bits per heavy atom. The molecule has 1 aromatic rings. The van der Waals surface area contributed by atoms with Crippen LogP contribution in [0.15, 0.2) is 18.2 Å². The number of fused-ring (bicyclic) bond motifs is 1. The standard InChI is InChI=1S/C14H16N2O5/c1-19-13-6-15-9(5-10(13)17)14(18)16-8-2-3-11-12(4-8)21-7-20-11/h2-4,9,13,15H,5-7H2,1H3,(H,16,18). The summed E-state index contributed by atoms with van der Waals surface area (Å²) < 4.78 is 15.5. The van der Waals surface area contributed by atoms with E-state index in [-0.39, 0.29) is 24.9 Å². The molecule has 0 spiro atoms. The second-order valence-electron chi connectivity index (χ2n) is 4.91. The van der Waals surface area contributed by atoms with Crippen LogP contribution in [0.5, 0.6) is 11.5 Å². The third kappa shape index (κ3) is 2.84. The van der Waals surface area contributed by atoms with Gasteiger partial charge in [0, 0.05) is 31.8 Å². The number of methoxy groups -OCH3 is 1. The topological polar surface area (TPSA) is 85.9 Å². The number of carbonyl (C=O) groups excluding carboxylic acids is 2. The summed E-state index contributed by atoms with van der Waals surface area (Å²) in [5, 5.41) is 5.77. The van der Waals surface area contributed by atoms with Crippen LogP contribution in [0.1, 0.15) is 6.42 Å². The van der Waals surface area contributed by atoms with Gasteiger partial charge in [-0.25, -0.2) is 0 Å². The van der Waals surface area contributed by atoms with Gasteiger partial charge in [-0.1, -0.05) is 0 Å². The molecule has 2 N–H and O–H groups in total. The molecule has 1 fully saturated rings. The molecule has 3 rings (SSSR count). The lowest BCUT2D eigenvalue weighted by Crippen LogP contribution is -2.53. The molecule has 1 aromatic carbocycles. The van der Waals surface area contributed by atoms with Crippen molar-refractivity contribution in [2.45, 2.75) is 18.6 Å². The number of ketones is 1. The number of piperidine rings is 1. The second-order valence-corrected chi connectivity index (χ2v) is 4.91. The Balaban J connectivity index is 1.63. The lowest BCUT2D eigenvalue weighted by molar-refractivity contribution is -0.134. The van der Waals surface area contributed by atoms with Gasteiger partial charge in [-0.2, -0.15) is 0 Å². The number of carbonyl (C=O) groups is 2. The molecule has 1 saturated heterocycles. The lowest BCUT2D eigenvalue weighted by Gasteiger charge is -2.27. The third-order valence-corrected chi connectivity index (χ3v) is 3.56. The molecule has 7 nitrogen and oxygen atoms in total. The highest BCUT2D eigenvalue weighted by molar-refractivity contribution is 5.99. The van der Waals surface area contributed by atoms with Crippen molar-refractivity contribution in [3.8, 4) is 11.5 Å². The predicted molar refractivity (Wildman–Crippen MR) is 73.4 cm³/mol. The maximum Gasteiger partial charge on any atom is 0.241 e. The normalized spacial score (nSPS) is 24.0. The molecule has 2 aliphatic heterocycles. The van der Waals surface area contributed by atoms with Gasteiger partial charge in [0.15, 0.2) is 17.3 Å². The van der Waals surface area contributed by atoms with E-state index in [0.717, 1.165) is 0 Å². The average molecular weight is 292 g/mol. The van der Waals surface area contributed by atoms with E-state index in [0.29, 0.717) is 23.7 Å². The van der Waals surface area contributed by atoms with Gasteiger partial charge in [-0.3, -0.25) is 9.59 Å². The second kappa shape index (κ2) is 5.71. The zero-order chi connectivity index (χ0) is 14.8. The summed E-state index contributed by atoms with van der Waals surface area (Å²) in [6, 6.07) is 4.61. The first kappa shape index (κ1) is 13.8. The van der Waals surface area contributed by atoms with Crippen LogP contribution in [0.25, 0.3) is 0 Å². The molecular formula is C14H16N2O5. The summed E-state index contributed by atoms with van der Waals surface area (Å²) in [6.45, 7) is 0.526. The summed E-state index contributed by atoms with van der Waals surface area (Å²) in [7, 11) is 1.48. The fourth-order valence-electron chi connectivity index (χ4n) is 2.37. The van der Waals surface area contributed by atoms with E-state index in [4.69, 9.17) is 14.2 Å². The fourth-order valence-corrected chi connectivity index (χ4v) is 2.37. The smallest absolute Gasteiger partial charge is 0.241 e. The first-order valence-corrected chi connectivity index (χ1v) is 6.67. The summed E-state index contributed by atoms with van der Waals surface area (Å²) in [4.78, 5) is 23.9. The highest BCUT2D eigenvalue weighted by Gasteiger charge is 2.32. The fraction of sp³-hybridized carbons (Fsp3) is 0.429. The largest absolute Gasteiger partial charge is 0.454 e. The SMILES string of the molecule is COC1CNC(C(=O)Nc2ccc3c(c2)OCO3)CC1=O. The minimum Gasteiger partial charge on any atom is -0.454 e. The molecule has 0 saturated carbocycles. The number of anilines is 1. The maximum atomic E-state index is 12.2. The van der Waals surface area contributed by atoms with Gasteiger partial charge in [0.25, 0.3) is 0 Å². The zero-order valence-corrected chi connectivity index (χ0v) is 11.5. The Kier molecular flexibility index (Phi) is 3.76. The first-order chi connectivity index (χ1) is 10.2. The van der Waals surface area contributed by atoms with Crippen LogP contribution in [-0.2, 0) is 14.3 Å². The minimum atomic E-state index is -0.547. The van der Waals surface area contributed by atoms with E-state index in [2.05, 4.69) is 10.6 Å². The molecule has 2 atom stereocenters. The van der Waals surface area contributed by atoms with Crippen molar-refractivity contribution >= 4 is 17.4 Å². The van der Waals surface area contributed by atoms with E-state index >= 15 is 0 Å². The van der Waals surface area contributed by atoms with E-state index < -0.39 is 12.1 Å². The number of rotatable bonds is 3. The zero-order valence-electron chi connectivity index (χ0n) is 11.5. The quantitative estimate of drug-likeness (QED) is 0.833. The van der Waals surface area contributed by atoms with E-state index in [9.17, 15) is 9.59 Å². The van der Waals surface area contributed by atoms with Gasteiger partial charge in [0.05, 0.1) is 6.04 Å². The van der Waals surface area contributed by atoms with Crippen LogP contribution in [-0.4, -0.2) is 44.3 Å². The minimum absolute atomic E-state index is 0.0675. The summed E-state index contributed by atoms with van der Waals surface area (Å²) >= 11 is 0. The van der Waals surface area contributed by atoms with Crippen LogP contribution in [0.4, 0.5) is 5.69 Å². The van der Waals surface area contributed by atoms with E-state index in [1.165, 1.54) is 7.11 Å². The van der Waals surface area contributed by atoms with Crippen molar-refractivity contribution < 1.29 is 23.8 Å². The van der Waals surface area contributed by atoms with Gasteiger partial charge >= 0.3 is 0 Å². The molecule has 1 amide bonds. The number of hydrogen-bond acceptors (Lipinski definition) is 6. The van der Waals surface area contributed by atoms with Gasteiger partial charge in [0.2, 0.25) is 12.7 Å². The molecule has 21 heavy (non-hydrogen) atoms. The number of ether oxygens (including phenoxy) is 3. The third-order valence-electron chi connectivity index (χ3n) is 3.56. The Bertz CT molecular complexity index is 574. The van der Waals surface area contributed by atoms with E-state index in [1.54, 1.807) is 18.2 Å². The highest BCUT2D eigenvalue weighted by atomic mass is 16.7. The van der Waals surface area contributed by atoms with Gasteiger partial charge in [0.1, 0.15) is 6.10 Å².